The number of hydrogen-bond donors (Lipinski definition) is 0. The van der Waals surface area contributed by atoms with Crippen LogP contribution in [-0.4, -0.2) is 15.6 Å². The maximum atomic E-state index is 11.8. The molecule has 1 heterocycles. The number of ketones is 1. The van der Waals surface area contributed by atoms with Gasteiger partial charge in [0.05, 0.1) is 5.69 Å². The van der Waals surface area contributed by atoms with Gasteiger partial charge >= 0.3 is 0 Å². The molecule has 0 saturated heterocycles. The zero-order valence-electron chi connectivity index (χ0n) is 11.5. The van der Waals surface area contributed by atoms with Crippen molar-refractivity contribution in [2.45, 2.75) is 59.9 Å². The van der Waals surface area contributed by atoms with Gasteiger partial charge in [0.25, 0.3) is 0 Å². The molecule has 3 heteroatoms. The third-order valence-corrected chi connectivity index (χ3v) is 2.95. The van der Waals surface area contributed by atoms with E-state index in [4.69, 9.17) is 0 Å². The average Bonchev–Trinajstić information content (AvgIpc) is 2.68. The maximum absolute atomic E-state index is 11.8. The SMILES string of the molecule is CCc1cc(CC(=O)CCC(C)C)n(CC)n1. The predicted molar refractivity (Wildman–Crippen MR) is 70.1 cm³/mol. The summed E-state index contributed by atoms with van der Waals surface area (Å²) in [5.41, 5.74) is 2.15. The molecule has 0 amide bonds. The standard InChI is InChI=1S/C14H24N2O/c1-5-12-9-13(16(6-2)15-12)10-14(17)8-7-11(3)4/h9,11H,5-8,10H2,1-4H3. The third kappa shape index (κ3) is 4.33. The van der Waals surface area contributed by atoms with E-state index in [2.05, 4.69) is 38.9 Å². The van der Waals surface area contributed by atoms with Crippen molar-refractivity contribution in [3.63, 3.8) is 0 Å². The van der Waals surface area contributed by atoms with E-state index < -0.39 is 0 Å². The zero-order chi connectivity index (χ0) is 12.8. The summed E-state index contributed by atoms with van der Waals surface area (Å²) >= 11 is 0. The van der Waals surface area contributed by atoms with Crippen LogP contribution in [0.15, 0.2) is 6.07 Å². The van der Waals surface area contributed by atoms with E-state index in [1.54, 1.807) is 0 Å². The first-order valence-electron chi connectivity index (χ1n) is 6.64. The molecule has 1 aromatic heterocycles. The van der Waals surface area contributed by atoms with Crippen LogP contribution in [0.4, 0.5) is 0 Å². The van der Waals surface area contributed by atoms with Gasteiger partial charge in [0.15, 0.2) is 0 Å². The fourth-order valence-corrected chi connectivity index (χ4v) is 1.84. The van der Waals surface area contributed by atoms with Crippen LogP contribution in [0.3, 0.4) is 0 Å². The molecule has 96 valence electrons. The minimum absolute atomic E-state index is 0.330. The lowest BCUT2D eigenvalue weighted by molar-refractivity contribution is -0.118. The van der Waals surface area contributed by atoms with Gasteiger partial charge in [-0.15, -0.1) is 0 Å². The summed E-state index contributed by atoms with van der Waals surface area (Å²) in [6, 6.07) is 2.07. The van der Waals surface area contributed by atoms with E-state index in [1.807, 2.05) is 4.68 Å². The molecule has 3 nitrogen and oxygen atoms in total. The predicted octanol–water partition coefficient (Wildman–Crippen LogP) is 3.01. The number of hydrogen-bond acceptors (Lipinski definition) is 2. The highest BCUT2D eigenvalue weighted by molar-refractivity contribution is 5.80. The van der Waals surface area contributed by atoms with Crippen molar-refractivity contribution >= 4 is 5.78 Å². The van der Waals surface area contributed by atoms with Gasteiger partial charge in [0, 0.05) is 25.1 Å². The Bertz CT molecular complexity index is 366. The Balaban J connectivity index is 2.60. The Morgan fingerprint density at radius 2 is 2.12 bits per heavy atom. The van der Waals surface area contributed by atoms with E-state index in [0.717, 1.165) is 30.8 Å². The minimum Gasteiger partial charge on any atom is -0.299 e. The van der Waals surface area contributed by atoms with Crippen LogP contribution >= 0.6 is 0 Å². The van der Waals surface area contributed by atoms with Crippen LogP contribution < -0.4 is 0 Å². The number of aryl methyl sites for hydroxylation is 2. The molecular formula is C14H24N2O. The summed E-state index contributed by atoms with van der Waals surface area (Å²) in [4.78, 5) is 11.8. The molecule has 0 aliphatic carbocycles. The summed E-state index contributed by atoms with van der Waals surface area (Å²) in [6.07, 6.45) is 3.14. The molecule has 0 unspecified atom stereocenters. The largest absolute Gasteiger partial charge is 0.299 e. The molecule has 0 saturated carbocycles. The molecule has 0 aromatic carbocycles. The molecule has 0 fully saturated rings. The second kappa shape index (κ2) is 6.58. The molecule has 0 bridgehead atoms. The first kappa shape index (κ1) is 13.9. The van der Waals surface area contributed by atoms with E-state index >= 15 is 0 Å². The number of rotatable bonds is 7. The number of carbonyl (C=O) groups excluding carboxylic acids is 1. The monoisotopic (exact) mass is 236 g/mol. The second-order valence-electron chi connectivity index (χ2n) is 4.94. The van der Waals surface area contributed by atoms with E-state index in [9.17, 15) is 4.79 Å². The van der Waals surface area contributed by atoms with Crippen molar-refractivity contribution in [3.05, 3.63) is 17.5 Å². The van der Waals surface area contributed by atoms with Gasteiger partial charge in [-0.05, 0) is 31.7 Å². The summed E-state index contributed by atoms with van der Waals surface area (Å²) in [6.45, 7) is 9.30. The number of nitrogens with zero attached hydrogens (tertiary/aromatic N) is 2. The quantitative estimate of drug-likeness (QED) is 0.729. The topological polar surface area (TPSA) is 34.9 Å². The van der Waals surface area contributed by atoms with E-state index in [1.165, 1.54) is 0 Å². The fraction of sp³-hybridized carbons (Fsp3) is 0.714. The first-order valence-corrected chi connectivity index (χ1v) is 6.64. The zero-order valence-corrected chi connectivity index (χ0v) is 11.5. The molecule has 0 aliphatic heterocycles. The molecule has 0 N–H and O–H groups in total. The summed E-state index contributed by atoms with van der Waals surface area (Å²) in [5, 5.41) is 4.46. The smallest absolute Gasteiger partial charge is 0.138 e. The van der Waals surface area contributed by atoms with Crippen molar-refractivity contribution in [2.24, 2.45) is 5.92 Å². The molecule has 0 spiro atoms. The Hall–Kier alpha value is -1.12. The Morgan fingerprint density at radius 3 is 2.65 bits per heavy atom. The van der Waals surface area contributed by atoms with Crippen LogP contribution in [0.2, 0.25) is 0 Å². The molecular weight excluding hydrogens is 212 g/mol. The van der Waals surface area contributed by atoms with E-state index in [-0.39, 0.29) is 0 Å². The maximum Gasteiger partial charge on any atom is 0.138 e. The van der Waals surface area contributed by atoms with Gasteiger partial charge in [0.1, 0.15) is 5.78 Å². The van der Waals surface area contributed by atoms with E-state index in [0.29, 0.717) is 24.5 Å². The normalized spacial score (nSPS) is 11.1. The molecule has 0 atom stereocenters. The fourth-order valence-electron chi connectivity index (χ4n) is 1.84. The molecule has 0 aliphatic rings. The highest BCUT2D eigenvalue weighted by Crippen LogP contribution is 2.10. The van der Waals surface area contributed by atoms with Crippen LogP contribution in [0.5, 0.6) is 0 Å². The lowest BCUT2D eigenvalue weighted by Gasteiger charge is -2.05. The second-order valence-corrected chi connectivity index (χ2v) is 4.94. The van der Waals surface area contributed by atoms with Gasteiger partial charge in [-0.1, -0.05) is 20.8 Å². The summed E-state index contributed by atoms with van der Waals surface area (Å²) in [7, 11) is 0. The average molecular weight is 236 g/mol. The van der Waals surface area contributed by atoms with Gasteiger partial charge < -0.3 is 0 Å². The number of carbonyl (C=O) groups is 1. The third-order valence-electron chi connectivity index (χ3n) is 2.95. The minimum atomic E-state index is 0.330. The van der Waals surface area contributed by atoms with Gasteiger partial charge in [-0.2, -0.15) is 5.10 Å². The molecule has 1 aromatic rings. The van der Waals surface area contributed by atoms with Gasteiger partial charge in [0.2, 0.25) is 0 Å². The van der Waals surface area contributed by atoms with Crippen LogP contribution in [-0.2, 0) is 24.2 Å². The van der Waals surface area contributed by atoms with Crippen molar-refractivity contribution in [1.82, 2.24) is 9.78 Å². The molecule has 0 radical (unpaired) electrons. The highest BCUT2D eigenvalue weighted by Gasteiger charge is 2.10. The van der Waals surface area contributed by atoms with Crippen LogP contribution in [0.25, 0.3) is 0 Å². The Morgan fingerprint density at radius 1 is 1.41 bits per heavy atom. The Labute approximate surface area is 104 Å². The van der Waals surface area contributed by atoms with Crippen molar-refractivity contribution < 1.29 is 4.79 Å². The number of Topliss-reactive ketones (excluding diaryl/α,β-unsaturated/α-hetero) is 1. The number of aromatic nitrogens is 2. The lowest BCUT2D eigenvalue weighted by atomic mass is 10.0. The van der Waals surface area contributed by atoms with Crippen molar-refractivity contribution in [1.29, 1.82) is 0 Å². The Kier molecular flexibility index (Phi) is 5.39. The molecule has 1 rings (SSSR count). The first-order chi connectivity index (χ1) is 8.06. The lowest BCUT2D eigenvalue weighted by Crippen LogP contribution is -2.10. The van der Waals surface area contributed by atoms with Gasteiger partial charge in [-0.25, -0.2) is 0 Å². The van der Waals surface area contributed by atoms with Crippen LogP contribution in [0.1, 0.15) is 51.9 Å². The van der Waals surface area contributed by atoms with Gasteiger partial charge in [-0.3, -0.25) is 9.48 Å². The highest BCUT2D eigenvalue weighted by atomic mass is 16.1. The van der Waals surface area contributed by atoms with Crippen LogP contribution in [0, 0.1) is 5.92 Å². The molecule has 17 heavy (non-hydrogen) atoms. The summed E-state index contributed by atoms with van der Waals surface area (Å²) in [5.74, 6) is 0.928. The van der Waals surface area contributed by atoms with Crippen molar-refractivity contribution in [2.75, 3.05) is 0 Å². The van der Waals surface area contributed by atoms with Crippen molar-refractivity contribution in [3.8, 4) is 0 Å². The summed E-state index contributed by atoms with van der Waals surface area (Å²) < 4.78 is 1.95.